The van der Waals surface area contributed by atoms with E-state index in [4.69, 9.17) is 33.4 Å². The Morgan fingerprint density at radius 3 is 2.74 bits per heavy atom. The zero-order valence-corrected chi connectivity index (χ0v) is 12.9. The molecule has 0 amide bonds. The van der Waals surface area contributed by atoms with E-state index in [1.54, 1.807) is 12.1 Å². The molecule has 23 heavy (non-hydrogen) atoms. The van der Waals surface area contributed by atoms with Gasteiger partial charge in [-0.1, -0.05) is 35.3 Å². The van der Waals surface area contributed by atoms with Crippen LogP contribution in [0.4, 0.5) is 0 Å². The SMILES string of the molecule is N=c1n[n+]([O-])c2ccccc2n1OC(=O)c1ccc(Cl)cc1Cl. The van der Waals surface area contributed by atoms with Crippen molar-refractivity contribution in [2.75, 3.05) is 0 Å². The molecule has 3 aromatic rings. The summed E-state index contributed by atoms with van der Waals surface area (Å²) in [4.78, 5) is 17.7. The first-order valence-electron chi connectivity index (χ1n) is 6.31. The van der Waals surface area contributed by atoms with Gasteiger partial charge in [-0.15, -0.1) is 4.73 Å². The summed E-state index contributed by atoms with van der Waals surface area (Å²) >= 11 is 11.7. The number of benzene rings is 2. The minimum atomic E-state index is -0.805. The van der Waals surface area contributed by atoms with E-state index in [9.17, 15) is 10.0 Å². The number of aromatic nitrogens is 3. The van der Waals surface area contributed by atoms with E-state index >= 15 is 0 Å². The second kappa shape index (κ2) is 5.86. The van der Waals surface area contributed by atoms with Crippen LogP contribution in [0, 0.1) is 10.6 Å². The molecule has 0 unspecified atom stereocenters. The van der Waals surface area contributed by atoms with Gasteiger partial charge in [0.05, 0.1) is 15.7 Å². The van der Waals surface area contributed by atoms with Crippen LogP contribution in [0.2, 0.25) is 10.0 Å². The largest absolute Gasteiger partial charge is 0.594 e. The topological polar surface area (TPSA) is 94.9 Å². The summed E-state index contributed by atoms with van der Waals surface area (Å²) in [6.07, 6.45) is 0. The summed E-state index contributed by atoms with van der Waals surface area (Å²) in [6, 6.07) is 10.6. The Kier molecular flexibility index (Phi) is 3.89. The normalized spacial score (nSPS) is 10.7. The Morgan fingerprint density at radius 2 is 2.00 bits per heavy atom. The van der Waals surface area contributed by atoms with E-state index in [2.05, 4.69) is 5.10 Å². The molecule has 7 nitrogen and oxygen atoms in total. The Balaban J connectivity index is 2.08. The minimum absolute atomic E-state index is 0.0749. The van der Waals surface area contributed by atoms with Crippen LogP contribution in [0.1, 0.15) is 10.4 Å². The van der Waals surface area contributed by atoms with Crippen molar-refractivity contribution in [1.29, 1.82) is 5.41 Å². The molecule has 1 N–H and O–H groups in total. The molecule has 116 valence electrons. The molecule has 0 aliphatic carbocycles. The quantitative estimate of drug-likeness (QED) is 0.562. The molecule has 1 heterocycles. The van der Waals surface area contributed by atoms with Gasteiger partial charge in [-0.3, -0.25) is 5.41 Å². The van der Waals surface area contributed by atoms with Gasteiger partial charge in [-0.05, 0) is 29.1 Å². The predicted octanol–water partition coefficient (Wildman–Crippen LogP) is 1.72. The summed E-state index contributed by atoms with van der Waals surface area (Å²) in [6.45, 7) is 0. The van der Waals surface area contributed by atoms with Crippen LogP contribution in [0.5, 0.6) is 0 Å². The second-order valence-corrected chi connectivity index (χ2v) is 5.33. The van der Waals surface area contributed by atoms with E-state index < -0.39 is 11.6 Å². The fraction of sp³-hybridized carbons (Fsp3) is 0. The number of hydrogen-bond donors (Lipinski definition) is 1. The highest BCUT2D eigenvalue weighted by atomic mass is 35.5. The van der Waals surface area contributed by atoms with Crippen LogP contribution in [0.15, 0.2) is 42.5 Å². The Hall–Kier alpha value is -2.64. The smallest absolute Gasteiger partial charge is 0.365 e. The van der Waals surface area contributed by atoms with Crippen LogP contribution < -0.4 is 15.3 Å². The average Bonchev–Trinajstić information content (AvgIpc) is 2.51. The van der Waals surface area contributed by atoms with Crippen molar-refractivity contribution in [2.45, 2.75) is 0 Å². The maximum atomic E-state index is 12.3. The molecule has 9 heteroatoms. The second-order valence-electron chi connectivity index (χ2n) is 4.48. The first kappa shape index (κ1) is 15.3. The number of hydrogen-bond acceptors (Lipinski definition) is 5. The van der Waals surface area contributed by atoms with E-state index in [-0.39, 0.29) is 26.5 Å². The first-order valence-corrected chi connectivity index (χ1v) is 7.07. The molecule has 3 rings (SSSR count). The predicted molar refractivity (Wildman–Crippen MR) is 81.9 cm³/mol. The van der Waals surface area contributed by atoms with Gasteiger partial charge >= 0.3 is 11.6 Å². The zero-order valence-electron chi connectivity index (χ0n) is 11.4. The molecular formula is C14H8Cl2N4O3. The van der Waals surface area contributed by atoms with Crippen LogP contribution in [0.25, 0.3) is 11.0 Å². The van der Waals surface area contributed by atoms with Gasteiger partial charge in [-0.25, -0.2) is 4.79 Å². The van der Waals surface area contributed by atoms with Gasteiger partial charge < -0.3 is 10.0 Å². The highest BCUT2D eigenvalue weighted by molar-refractivity contribution is 6.36. The third-order valence-corrected chi connectivity index (χ3v) is 3.56. The van der Waals surface area contributed by atoms with Crippen molar-refractivity contribution in [3.63, 3.8) is 0 Å². The Bertz CT molecular complexity index is 987. The molecule has 1 aromatic heterocycles. The van der Waals surface area contributed by atoms with Crippen molar-refractivity contribution in [3.05, 3.63) is 68.9 Å². The number of carbonyl (C=O) groups is 1. The van der Waals surface area contributed by atoms with Crippen molar-refractivity contribution < 1.29 is 14.5 Å². The van der Waals surface area contributed by atoms with Gasteiger partial charge in [0.2, 0.25) is 0 Å². The highest BCUT2D eigenvalue weighted by Crippen LogP contribution is 2.21. The summed E-state index contributed by atoms with van der Waals surface area (Å²) in [7, 11) is 0. The summed E-state index contributed by atoms with van der Waals surface area (Å²) in [5.74, 6) is -0.805. The van der Waals surface area contributed by atoms with Crippen molar-refractivity contribution in [2.24, 2.45) is 0 Å². The molecule has 0 fully saturated rings. The molecule has 0 saturated carbocycles. The van der Waals surface area contributed by atoms with Gasteiger partial charge in [0.15, 0.2) is 5.52 Å². The lowest BCUT2D eigenvalue weighted by molar-refractivity contribution is -0.645. The first-order chi connectivity index (χ1) is 11.0. The summed E-state index contributed by atoms with van der Waals surface area (Å²) < 4.78 is 0.858. The van der Waals surface area contributed by atoms with Gasteiger partial charge in [-0.2, -0.15) is 0 Å². The van der Waals surface area contributed by atoms with Gasteiger partial charge in [0.1, 0.15) is 0 Å². The molecule has 0 radical (unpaired) electrons. The Morgan fingerprint density at radius 1 is 1.26 bits per heavy atom. The lowest BCUT2D eigenvalue weighted by Crippen LogP contribution is -2.45. The molecule has 0 atom stereocenters. The van der Waals surface area contributed by atoms with E-state index in [0.29, 0.717) is 5.02 Å². The van der Waals surface area contributed by atoms with Crippen molar-refractivity contribution in [1.82, 2.24) is 9.83 Å². The molecule has 2 aromatic carbocycles. The highest BCUT2D eigenvalue weighted by Gasteiger charge is 2.18. The van der Waals surface area contributed by atoms with E-state index in [1.807, 2.05) is 0 Å². The molecule has 0 spiro atoms. The maximum Gasteiger partial charge on any atom is 0.365 e. The monoisotopic (exact) mass is 350 g/mol. The number of para-hydroxylation sites is 2. The lowest BCUT2D eigenvalue weighted by Gasteiger charge is -2.10. The standard InChI is InChI=1S/C14H8Cl2N4O3/c15-8-5-6-9(10(16)7-8)13(21)23-19-11-3-1-2-4-12(11)20(22)18-14(19)17/h1-7,17H. The fourth-order valence-corrected chi connectivity index (χ4v) is 2.46. The minimum Gasteiger partial charge on any atom is -0.594 e. The fourth-order valence-electron chi connectivity index (χ4n) is 1.97. The third-order valence-electron chi connectivity index (χ3n) is 3.01. The maximum absolute atomic E-state index is 12.3. The van der Waals surface area contributed by atoms with E-state index in [0.717, 1.165) is 4.73 Å². The third kappa shape index (κ3) is 2.84. The number of fused-ring (bicyclic) bond motifs is 1. The number of carbonyl (C=O) groups excluding carboxylic acids is 1. The number of nitrogens with one attached hydrogen (secondary N) is 1. The molecule has 0 aliphatic rings. The molecule has 0 aliphatic heterocycles. The average molecular weight is 351 g/mol. The molecule has 0 saturated heterocycles. The summed E-state index contributed by atoms with van der Waals surface area (Å²) in [5, 5.41) is 23.4. The Labute approximate surface area is 139 Å². The molecule has 0 bridgehead atoms. The summed E-state index contributed by atoms with van der Waals surface area (Å²) in [5.41, 5.74) is -0.0810. The van der Waals surface area contributed by atoms with Crippen LogP contribution >= 0.6 is 23.2 Å². The number of rotatable bonds is 2. The van der Waals surface area contributed by atoms with Crippen molar-refractivity contribution in [3.8, 4) is 0 Å². The lowest BCUT2D eigenvalue weighted by atomic mass is 10.2. The van der Waals surface area contributed by atoms with Crippen LogP contribution in [-0.4, -0.2) is 15.8 Å². The van der Waals surface area contributed by atoms with Gasteiger partial charge in [0, 0.05) is 11.1 Å². The van der Waals surface area contributed by atoms with Crippen LogP contribution in [0.3, 0.4) is 0 Å². The van der Waals surface area contributed by atoms with Gasteiger partial charge in [0.25, 0.3) is 5.52 Å². The number of nitrogens with zero attached hydrogens (tertiary/aromatic N) is 3. The van der Waals surface area contributed by atoms with Crippen molar-refractivity contribution >= 4 is 40.2 Å². The zero-order chi connectivity index (χ0) is 16.6. The molecular weight excluding hydrogens is 343 g/mol. The number of halogens is 2. The van der Waals surface area contributed by atoms with Crippen LogP contribution in [-0.2, 0) is 0 Å². The van der Waals surface area contributed by atoms with E-state index in [1.165, 1.54) is 30.3 Å².